The Morgan fingerprint density at radius 1 is 1.54 bits per heavy atom. The third-order valence-corrected chi connectivity index (χ3v) is 1.45. The van der Waals surface area contributed by atoms with Crippen molar-refractivity contribution in [1.82, 2.24) is 0 Å². The van der Waals surface area contributed by atoms with Crippen LogP contribution in [0, 0.1) is 0 Å². The predicted octanol–water partition coefficient (Wildman–Crippen LogP) is -0.724. The molecule has 0 aliphatic heterocycles. The van der Waals surface area contributed by atoms with E-state index in [1.165, 1.54) is 7.11 Å². The van der Waals surface area contributed by atoms with E-state index < -0.39 is 6.10 Å². The summed E-state index contributed by atoms with van der Waals surface area (Å²) in [7, 11) is 1.52. The molecule has 3 N–H and O–H groups in total. The summed E-state index contributed by atoms with van der Waals surface area (Å²) in [6, 6.07) is 0. The van der Waals surface area contributed by atoms with Gasteiger partial charge in [-0.15, -0.1) is 0 Å². The maximum absolute atomic E-state index is 10.3. The van der Waals surface area contributed by atoms with Crippen LogP contribution in [0.1, 0.15) is 12.8 Å². The molecule has 0 saturated carbocycles. The summed E-state index contributed by atoms with van der Waals surface area (Å²) in [5, 5.41) is 9.16. The number of aliphatic hydroxyl groups is 1. The highest BCUT2D eigenvalue weighted by atomic mass is 16.5. The summed E-state index contributed by atoms with van der Waals surface area (Å²) in [5.41, 5.74) is 4.89. The first kappa shape index (κ1) is 12.3. The molecule has 13 heavy (non-hydrogen) atoms. The monoisotopic (exact) mass is 191 g/mol. The molecule has 1 amide bonds. The molecule has 5 nitrogen and oxygen atoms in total. The fourth-order valence-corrected chi connectivity index (χ4v) is 0.770. The Hall–Kier alpha value is -0.650. The van der Waals surface area contributed by atoms with E-state index in [1.54, 1.807) is 0 Å². The molecule has 0 saturated heterocycles. The lowest BCUT2D eigenvalue weighted by atomic mass is 10.3. The fraction of sp³-hybridized carbons (Fsp3) is 0.875. The summed E-state index contributed by atoms with van der Waals surface area (Å²) < 4.78 is 9.76. The maximum Gasteiger partial charge on any atom is 0.219 e. The number of methoxy groups -OCH3 is 1. The highest BCUT2D eigenvalue weighted by Crippen LogP contribution is 1.93. The van der Waals surface area contributed by atoms with Crippen LogP contribution in [0.4, 0.5) is 0 Å². The molecule has 5 heteroatoms. The second kappa shape index (κ2) is 7.97. The SMILES string of the molecule is COCC(O)CCOCCC(N)=O. The van der Waals surface area contributed by atoms with Gasteiger partial charge in [-0.3, -0.25) is 4.79 Å². The molecule has 1 atom stereocenters. The Morgan fingerprint density at radius 3 is 2.77 bits per heavy atom. The number of aliphatic hydroxyl groups excluding tert-OH is 1. The molecule has 0 aliphatic carbocycles. The minimum absolute atomic E-state index is 0.223. The lowest BCUT2D eigenvalue weighted by molar-refractivity contribution is -0.119. The van der Waals surface area contributed by atoms with Crippen molar-refractivity contribution in [1.29, 1.82) is 0 Å². The van der Waals surface area contributed by atoms with E-state index in [0.717, 1.165) is 0 Å². The third-order valence-electron chi connectivity index (χ3n) is 1.45. The number of nitrogens with two attached hydrogens (primary N) is 1. The molecular weight excluding hydrogens is 174 g/mol. The van der Waals surface area contributed by atoms with E-state index in [1.807, 2.05) is 0 Å². The number of carbonyl (C=O) groups excluding carboxylic acids is 1. The molecule has 0 fully saturated rings. The third kappa shape index (κ3) is 9.26. The van der Waals surface area contributed by atoms with Gasteiger partial charge in [-0.1, -0.05) is 0 Å². The van der Waals surface area contributed by atoms with Gasteiger partial charge in [0.05, 0.1) is 19.3 Å². The van der Waals surface area contributed by atoms with Gasteiger partial charge in [-0.2, -0.15) is 0 Å². The van der Waals surface area contributed by atoms with E-state index in [2.05, 4.69) is 0 Å². The summed E-state index contributed by atoms with van der Waals surface area (Å²) >= 11 is 0. The molecule has 0 rings (SSSR count). The molecule has 0 spiro atoms. The molecule has 0 bridgehead atoms. The number of carbonyl (C=O) groups is 1. The minimum atomic E-state index is -0.501. The van der Waals surface area contributed by atoms with Gasteiger partial charge < -0.3 is 20.3 Å². The second-order valence-corrected chi connectivity index (χ2v) is 2.73. The quantitative estimate of drug-likeness (QED) is 0.496. The molecular formula is C8H17NO4. The van der Waals surface area contributed by atoms with Crippen LogP contribution in [-0.2, 0) is 14.3 Å². The predicted molar refractivity (Wildman–Crippen MR) is 47.1 cm³/mol. The van der Waals surface area contributed by atoms with Crippen molar-refractivity contribution < 1.29 is 19.4 Å². The van der Waals surface area contributed by atoms with E-state index >= 15 is 0 Å². The molecule has 0 aromatic carbocycles. The van der Waals surface area contributed by atoms with E-state index in [-0.39, 0.29) is 12.3 Å². The average molecular weight is 191 g/mol. The fourth-order valence-electron chi connectivity index (χ4n) is 0.770. The van der Waals surface area contributed by atoms with Gasteiger partial charge >= 0.3 is 0 Å². The first-order chi connectivity index (χ1) is 6.16. The van der Waals surface area contributed by atoms with Crippen LogP contribution in [0.5, 0.6) is 0 Å². The largest absolute Gasteiger partial charge is 0.391 e. The number of amides is 1. The number of primary amides is 1. The van der Waals surface area contributed by atoms with Gasteiger partial charge in [-0.05, 0) is 6.42 Å². The Kier molecular flexibility index (Phi) is 7.57. The highest BCUT2D eigenvalue weighted by Gasteiger charge is 2.02. The number of rotatable bonds is 8. The molecule has 1 unspecified atom stereocenters. The van der Waals surface area contributed by atoms with Crippen LogP contribution in [0.2, 0.25) is 0 Å². The smallest absolute Gasteiger partial charge is 0.219 e. The van der Waals surface area contributed by atoms with Crippen molar-refractivity contribution in [2.45, 2.75) is 18.9 Å². The zero-order chi connectivity index (χ0) is 10.1. The summed E-state index contributed by atoms with van der Waals surface area (Å²) in [4.78, 5) is 10.3. The number of ether oxygens (including phenoxy) is 2. The van der Waals surface area contributed by atoms with Crippen LogP contribution < -0.4 is 5.73 Å². The Morgan fingerprint density at radius 2 is 2.23 bits per heavy atom. The Balaban J connectivity index is 3.11. The molecule has 0 radical (unpaired) electrons. The lowest BCUT2D eigenvalue weighted by Gasteiger charge is -2.08. The maximum atomic E-state index is 10.3. The van der Waals surface area contributed by atoms with Gasteiger partial charge in [-0.25, -0.2) is 0 Å². The second-order valence-electron chi connectivity index (χ2n) is 2.73. The van der Waals surface area contributed by atoms with Gasteiger partial charge in [0.1, 0.15) is 0 Å². The van der Waals surface area contributed by atoms with Crippen molar-refractivity contribution in [3.8, 4) is 0 Å². The lowest BCUT2D eigenvalue weighted by Crippen LogP contribution is -2.18. The highest BCUT2D eigenvalue weighted by molar-refractivity contribution is 5.73. The zero-order valence-corrected chi connectivity index (χ0v) is 7.86. The zero-order valence-electron chi connectivity index (χ0n) is 7.86. The van der Waals surface area contributed by atoms with Crippen LogP contribution in [0.15, 0.2) is 0 Å². The van der Waals surface area contributed by atoms with Crippen LogP contribution >= 0.6 is 0 Å². The first-order valence-corrected chi connectivity index (χ1v) is 4.20. The topological polar surface area (TPSA) is 81.8 Å². The van der Waals surface area contributed by atoms with Gasteiger partial charge in [0.2, 0.25) is 5.91 Å². The molecule has 0 aliphatic rings. The molecule has 78 valence electrons. The van der Waals surface area contributed by atoms with Crippen molar-refractivity contribution in [2.75, 3.05) is 26.9 Å². The normalized spacial score (nSPS) is 12.8. The summed E-state index contributed by atoms with van der Waals surface area (Å²) in [6.07, 6.45) is 0.228. The molecule has 0 aromatic heterocycles. The van der Waals surface area contributed by atoms with Crippen LogP contribution in [0.3, 0.4) is 0 Å². The minimum Gasteiger partial charge on any atom is -0.391 e. The average Bonchev–Trinajstić information content (AvgIpc) is 2.03. The van der Waals surface area contributed by atoms with Gasteiger partial charge in [0.15, 0.2) is 0 Å². The van der Waals surface area contributed by atoms with E-state index in [0.29, 0.717) is 26.2 Å². The van der Waals surface area contributed by atoms with E-state index in [9.17, 15) is 4.79 Å². The van der Waals surface area contributed by atoms with Crippen molar-refractivity contribution in [3.63, 3.8) is 0 Å². The number of hydrogen-bond donors (Lipinski definition) is 2. The summed E-state index contributed by atoms with van der Waals surface area (Å²) in [5.74, 6) is -0.377. The Labute approximate surface area is 77.8 Å². The van der Waals surface area contributed by atoms with Crippen molar-refractivity contribution >= 4 is 5.91 Å². The molecule has 0 heterocycles. The van der Waals surface area contributed by atoms with Crippen molar-refractivity contribution in [2.24, 2.45) is 5.73 Å². The summed E-state index contributed by atoms with van der Waals surface area (Å²) in [6.45, 7) is 1.03. The number of hydrogen-bond acceptors (Lipinski definition) is 4. The van der Waals surface area contributed by atoms with E-state index in [4.69, 9.17) is 20.3 Å². The molecule has 0 aromatic rings. The van der Waals surface area contributed by atoms with Crippen LogP contribution in [-0.4, -0.2) is 44.0 Å². The van der Waals surface area contributed by atoms with Crippen molar-refractivity contribution in [3.05, 3.63) is 0 Å². The Bertz CT molecular complexity index is 140. The standard InChI is InChI=1S/C8H17NO4/c1-12-6-7(10)2-4-13-5-3-8(9)11/h7,10H,2-6H2,1H3,(H2,9,11). The van der Waals surface area contributed by atoms with Gasteiger partial charge in [0, 0.05) is 20.1 Å². The van der Waals surface area contributed by atoms with Crippen LogP contribution in [0.25, 0.3) is 0 Å². The first-order valence-electron chi connectivity index (χ1n) is 4.20. The van der Waals surface area contributed by atoms with Gasteiger partial charge in [0.25, 0.3) is 0 Å².